The fraction of sp³-hybridized carbons (Fsp3) is 0.294. The molecule has 2 N–H and O–H groups in total. The number of halogens is 2. The Kier molecular flexibility index (Phi) is 6.85. The molecular weight excluding hydrogens is 347 g/mol. The zero-order valence-corrected chi connectivity index (χ0v) is 15.2. The van der Waals surface area contributed by atoms with E-state index in [0.717, 1.165) is 13.0 Å². The van der Waals surface area contributed by atoms with Gasteiger partial charge in [-0.3, -0.25) is 9.78 Å². The lowest BCUT2D eigenvalue weighted by atomic mass is 10.2. The molecule has 0 unspecified atom stereocenters. The summed E-state index contributed by atoms with van der Waals surface area (Å²) in [6.07, 6.45) is 2.45. The molecule has 5 nitrogen and oxygen atoms in total. The minimum Gasteiger partial charge on any atom is -0.353 e. The zero-order chi connectivity index (χ0) is 17.5. The third-order valence-electron chi connectivity index (χ3n) is 3.29. The Morgan fingerprint density at radius 2 is 1.92 bits per heavy atom. The summed E-state index contributed by atoms with van der Waals surface area (Å²) in [6.45, 7) is 1.52. The number of carbonyl (C=O) groups is 1. The molecule has 7 heteroatoms. The first-order valence-electron chi connectivity index (χ1n) is 7.57. The fourth-order valence-electron chi connectivity index (χ4n) is 2.08. The maximum absolute atomic E-state index is 12.2. The van der Waals surface area contributed by atoms with Crippen LogP contribution in [0.15, 0.2) is 36.5 Å². The normalized spacial score (nSPS) is 10.7. The molecule has 2 rings (SSSR count). The Balaban J connectivity index is 2.02. The summed E-state index contributed by atoms with van der Waals surface area (Å²) >= 11 is 12.3. The van der Waals surface area contributed by atoms with Crippen molar-refractivity contribution in [3.05, 3.63) is 52.3 Å². The number of amides is 1. The minimum absolute atomic E-state index is 0.206. The monoisotopic (exact) mass is 366 g/mol. The standard InChI is InChI=1S/C17H20Cl2N4O/c1-23(2)10-4-8-21-17(24)15-11-12(7-9-20-15)22-16-13(18)5-3-6-14(16)19/h3,5-7,9,11H,4,8,10H2,1-2H3,(H,20,22)(H,21,24). The first-order chi connectivity index (χ1) is 11.5. The largest absolute Gasteiger partial charge is 0.353 e. The molecule has 1 heterocycles. The summed E-state index contributed by atoms with van der Waals surface area (Å²) in [5.41, 5.74) is 1.64. The van der Waals surface area contributed by atoms with Gasteiger partial charge in [-0.25, -0.2) is 0 Å². The van der Waals surface area contributed by atoms with E-state index in [-0.39, 0.29) is 5.91 Å². The van der Waals surface area contributed by atoms with Crippen molar-refractivity contribution < 1.29 is 4.79 Å². The average molecular weight is 367 g/mol. The molecule has 0 aliphatic heterocycles. The smallest absolute Gasteiger partial charge is 0.269 e. The average Bonchev–Trinajstić information content (AvgIpc) is 2.55. The number of benzene rings is 1. The van der Waals surface area contributed by atoms with Gasteiger partial charge >= 0.3 is 0 Å². The number of para-hydroxylation sites is 1. The number of rotatable bonds is 7. The number of carbonyl (C=O) groups excluding carboxylic acids is 1. The van der Waals surface area contributed by atoms with E-state index in [1.807, 2.05) is 14.1 Å². The van der Waals surface area contributed by atoms with Crippen LogP contribution in [-0.2, 0) is 0 Å². The first kappa shape index (κ1) is 18.5. The van der Waals surface area contributed by atoms with Crippen molar-refractivity contribution in [2.75, 3.05) is 32.5 Å². The number of nitrogens with zero attached hydrogens (tertiary/aromatic N) is 2. The maximum atomic E-state index is 12.2. The summed E-state index contributed by atoms with van der Waals surface area (Å²) in [5.74, 6) is -0.206. The van der Waals surface area contributed by atoms with Gasteiger partial charge in [0.25, 0.3) is 5.91 Å². The molecule has 1 aromatic carbocycles. The Morgan fingerprint density at radius 3 is 2.58 bits per heavy atom. The van der Waals surface area contributed by atoms with E-state index in [0.29, 0.717) is 33.7 Å². The lowest BCUT2D eigenvalue weighted by Crippen LogP contribution is -2.27. The van der Waals surface area contributed by atoms with Gasteiger partial charge in [0.1, 0.15) is 5.69 Å². The quantitative estimate of drug-likeness (QED) is 0.731. The topological polar surface area (TPSA) is 57.3 Å². The van der Waals surface area contributed by atoms with Crippen molar-refractivity contribution in [1.82, 2.24) is 15.2 Å². The molecule has 1 amide bonds. The number of anilines is 2. The number of nitrogens with one attached hydrogen (secondary N) is 2. The minimum atomic E-state index is -0.206. The summed E-state index contributed by atoms with van der Waals surface area (Å²) < 4.78 is 0. The third-order valence-corrected chi connectivity index (χ3v) is 3.92. The molecular formula is C17H20Cl2N4O. The van der Waals surface area contributed by atoms with Crippen molar-refractivity contribution in [2.45, 2.75) is 6.42 Å². The molecule has 0 bridgehead atoms. The van der Waals surface area contributed by atoms with Crippen molar-refractivity contribution in [2.24, 2.45) is 0 Å². The second-order valence-electron chi connectivity index (χ2n) is 5.56. The molecule has 2 aromatic rings. The van der Waals surface area contributed by atoms with Crippen molar-refractivity contribution in [1.29, 1.82) is 0 Å². The molecule has 0 aliphatic carbocycles. The van der Waals surface area contributed by atoms with E-state index in [1.165, 1.54) is 0 Å². The first-order valence-corrected chi connectivity index (χ1v) is 8.33. The van der Waals surface area contributed by atoms with Crippen LogP contribution in [0.1, 0.15) is 16.9 Å². The van der Waals surface area contributed by atoms with Gasteiger partial charge in [0.05, 0.1) is 15.7 Å². The summed E-state index contributed by atoms with van der Waals surface area (Å²) in [4.78, 5) is 18.3. The highest BCUT2D eigenvalue weighted by Crippen LogP contribution is 2.32. The number of aromatic nitrogens is 1. The van der Waals surface area contributed by atoms with Crippen LogP contribution in [0.5, 0.6) is 0 Å². The molecule has 1 aromatic heterocycles. The lowest BCUT2D eigenvalue weighted by Gasteiger charge is -2.12. The highest BCUT2D eigenvalue weighted by atomic mass is 35.5. The Bertz CT molecular complexity index is 686. The highest BCUT2D eigenvalue weighted by molar-refractivity contribution is 6.39. The molecule has 0 atom stereocenters. The van der Waals surface area contributed by atoms with Gasteiger partial charge in [0, 0.05) is 18.4 Å². The van der Waals surface area contributed by atoms with Gasteiger partial charge in [0.2, 0.25) is 0 Å². The summed E-state index contributed by atoms with van der Waals surface area (Å²) in [7, 11) is 4.00. The molecule has 0 aliphatic rings. The van der Waals surface area contributed by atoms with E-state index in [9.17, 15) is 4.79 Å². The van der Waals surface area contributed by atoms with Crippen molar-refractivity contribution >= 4 is 40.5 Å². The molecule has 0 spiro atoms. The molecule has 0 saturated carbocycles. The van der Waals surface area contributed by atoms with Gasteiger partial charge in [-0.2, -0.15) is 0 Å². The van der Waals surface area contributed by atoms with E-state index < -0.39 is 0 Å². The second kappa shape index (κ2) is 8.87. The molecule has 128 valence electrons. The lowest BCUT2D eigenvalue weighted by molar-refractivity contribution is 0.0947. The van der Waals surface area contributed by atoms with Crippen molar-refractivity contribution in [3.8, 4) is 0 Å². The van der Waals surface area contributed by atoms with Crippen LogP contribution in [-0.4, -0.2) is 43.0 Å². The predicted octanol–water partition coefficient (Wildman–Crippen LogP) is 3.81. The maximum Gasteiger partial charge on any atom is 0.269 e. The van der Waals surface area contributed by atoms with Crippen LogP contribution in [0.2, 0.25) is 10.0 Å². The second-order valence-corrected chi connectivity index (χ2v) is 6.38. The number of pyridine rings is 1. The summed E-state index contributed by atoms with van der Waals surface area (Å²) in [5, 5.41) is 7.00. The molecule has 0 saturated heterocycles. The van der Waals surface area contributed by atoms with E-state index >= 15 is 0 Å². The molecule has 0 radical (unpaired) electrons. The van der Waals surface area contributed by atoms with Gasteiger partial charge in [-0.1, -0.05) is 29.3 Å². The van der Waals surface area contributed by atoms with E-state index in [2.05, 4.69) is 20.5 Å². The zero-order valence-electron chi connectivity index (χ0n) is 13.6. The number of hydrogen-bond donors (Lipinski definition) is 2. The van der Waals surface area contributed by atoms with Crippen LogP contribution < -0.4 is 10.6 Å². The SMILES string of the molecule is CN(C)CCCNC(=O)c1cc(Nc2c(Cl)cccc2Cl)ccn1. The van der Waals surface area contributed by atoms with Gasteiger partial charge in [-0.05, 0) is 51.3 Å². The van der Waals surface area contributed by atoms with Crippen LogP contribution in [0, 0.1) is 0 Å². The van der Waals surface area contributed by atoms with Gasteiger partial charge in [0.15, 0.2) is 0 Å². The predicted molar refractivity (Wildman–Crippen MR) is 99.5 cm³/mol. The van der Waals surface area contributed by atoms with Crippen LogP contribution in [0.25, 0.3) is 0 Å². The molecule has 0 fully saturated rings. The molecule has 24 heavy (non-hydrogen) atoms. The van der Waals surface area contributed by atoms with Crippen molar-refractivity contribution in [3.63, 3.8) is 0 Å². The fourth-order valence-corrected chi connectivity index (χ4v) is 2.57. The number of hydrogen-bond acceptors (Lipinski definition) is 4. The van der Waals surface area contributed by atoms with Gasteiger partial charge in [-0.15, -0.1) is 0 Å². The Morgan fingerprint density at radius 1 is 1.21 bits per heavy atom. The van der Waals surface area contributed by atoms with Crippen LogP contribution >= 0.6 is 23.2 Å². The van der Waals surface area contributed by atoms with Gasteiger partial charge < -0.3 is 15.5 Å². The Labute approximate surface area is 152 Å². The highest BCUT2D eigenvalue weighted by Gasteiger charge is 2.10. The Hall–Kier alpha value is -1.82. The third kappa shape index (κ3) is 5.37. The van der Waals surface area contributed by atoms with E-state index in [1.54, 1.807) is 36.5 Å². The van der Waals surface area contributed by atoms with E-state index in [4.69, 9.17) is 23.2 Å². The summed E-state index contributed by atoms with van der Waals surface area (Å²) in [6, 6.07) is 8.68. The van der Waals surface area contributed by atoms with Crippen LogP contribution in [0.4, 0.5) is 11.4 Å². The van der Waals surface area contributed by atoms with Crippen LogP contribution in [0.3, 0.4) is 0 Å².